The third-order valence-corrected chi connectivity index (χ3v) is 4.87. The summed E-state index contributed by atoms with van der Waals surface area (Å²) in [6, 6.07) is 16.2. The van der Waals surface area contributed by atoms with Gasteiger partial charge in [0.05, 0.1) is 10.2 Å². The van der Waals surface area contributed by atoms with Crippen LogP contribution in [-0.4, -0.2) is 4.98 Å². The molecule has 0 fully saturated rings. The third-order valence-electron chi connectivity index (χ3n) is 2.62. The van der Waals surface area contributed by atoms with Crippen molar-refractivity contribution in [2.45, 2.75) is 10.1 Å². The molecule has 90 valence electrons. The van der Waals surface area contributed by atoms with Crippen LogP contribution in [0.3, 0.4) is 0 Å². The molecule has 2 N–H and O–H groups in total. The highest BCUT2D eigenvalue weighted by Crippen LogP contribution is 2.31. The quantitative estimate of drug-likeness (QED) is 0.574. The first-order valence-corrected chi connectivity index (χ1v) is 7.44. The SMILES string of the molecule is Nc1ccc(CSc2nc3ccccc3s2)cc1. The molecule has 0 atom stereocenters. The van der Waals surface area contributed by atoms with Crippen molar-refractivity contribution in [1.29, 1.82) is 0 Å². The average Bonchev–Trinajstić information content (AvgIpc) is 2.81. The fraction of sp³-hybridized carbons (Fsp3) is 0.0714. The Bertz CT molecular complexity index is 626. The zero-order chi connectivity index (χ0) is 12.4. The van der Waals surface area contributed by atoms with Gasteiger partial charge in [-0.3, -0.25) is 0 Å². The van der Waals surface area contributed by atoms with Crippen LogP contribution in [0.15, 0.2) is 52.9 Å². The maximum absolute atomic E-state index is 5.67. The van der Waals surface area contributed by atoms with Crippen molar-refractivity contribution in [3.63, 3.8) is 0 Å². The van der Waals surface area contributed by atoms with Gasteiger partial charge in [-0.15, -0.1) is 11.3 Å². The minimum Gasteiger partial charge on any atom is -0.399 e. The largest absolute Gasteiger partial charge is 0.399 e. The summed E-state index contributed by atoms with van der Waals surface area (Å²) in [5.74, 6) is 0.931. The molecule has 2 nitrogen and oxygen atoms in total. The fourth-order valence-corrected chi connectivity index (χ4v) is 3.70. The number of benzene rings is 2. The number of thiazole rings is 1. The van der Waals surface area contributed by atoms with Gasteiger partial charge in [0.2, 0.25) is 0 Å². The second kappa shape index (κ2) is 5.00. The van der Waals surface area contributed by atoms with E-state index in [1.54, 1.807) is 23.1 Å². The predicted octanol–water partition coefficient (Wildman–Crippen LogP) is 4.17. The van der Waals surface area contributed by atoms with E-state index in [0.717, 1.165) is 21.3 Å². The van der Waals surface area contributed by atoms with E-state index in [4.69, 9.17) is 5.73 Å². The third kappa shape index (κ3) is 2.49. The van der Waals surface area contributed by atoms with Gasteiger partial charge in [-0.25, -0.2) is 4.98 Å². The maximum Gasteiger partial charge on any atom is 0.151 e. The Hall–Kier alpha value is -1.52. The van der Waals surface area contributed by atoms with E-state index in [0.29, 0.717) is 0 Å². The van der Waals surface area contributed by atoms with Gasteiger partial charge >= 0.3 is 0 Å². The van der Waals surface area contributed by atoms with E-state index < -0.39 is 0 Å². The average molecular weight is 272 g/mol. The monoisotopic (exact) mass is 272 g/mol. The van der Waals surface area contributed by atoms with Crippen LogP contribution in [0, 0.1) is 0 Å². The molecule has 0 radical (unpaired) electrons. The molecule has 0 saturated carbocycles. The van der Waals surface area contributed by atoms with E-state index in [1.165, 1.54) is 10.3 Å². The number of aromatic nitrogens is 1. The molecule has 18 heavy (non-hydrogen) atoms. The van der Waals surface area contributed by atoms with Gasteiger partial charge in [0.25, 0.3) is 0 Å². The normalized spacial score (nSPS) is 10.9. The van der Waals surface area contributed by atoms with E-state index >= 15 is 0 Å². The summed E-state index contributed by atoms with van der Waals surface area (Å²) in [5.41, 5.74) is 8.83. The van der Waals surface area contributed by atoms with Gasteiger partial charge in [-0.2, -0.15) is 0 Å². The summed E-state index contributed by atoms with van der Waals surface area (Å²) in [5, 5.41) is 0. The van der Waals surface area contributed by atoms with Gasteiger partial charge in [-0.1, -0.05) is 36.0 Å². The van der Waals surface area contributed by atoms with Crippen molar-refractivity contribution in [3.05, 3.63) is 54.1 Å². The van der Waals surface area contributed by atoms with Crippen molar-refractivity contribution in [2.75, 3.05) is 5.73 Å². The van der Waals surface area contributed by atoms with Crippen molar-refractivity contribution >= 4 is 39.0 Å². The Morgan fingerprint density at radius 3 is 2.61 bits per heavy atom. The Labute approximate surface area is 114 Å². The van der Waals surface area contributed by atoms with Crippen molar-refractivity contribution < 1.29 is 0 Å². The minimum absolute atomic E-state index is 0.809. The number of hydrogen-bond donors (Lipinski definition) is 1. The molecular formula is C14H12N2S2. The standard InChI is InChI=1S/C14H12N2S2/c15-11-7-5-10(6-8-11)9-17-14-16-12-3-1-2-4-13(12)18-14/h1-8H,9,15H2. The molecule has 4 heteroatoms. The first-order valence-electron chi connectivity index (χ1n) is 5.64. The van der Waals surface area contributed by atoms with Crippen molar-refractivity contribution in [3.8, 4) is 0 Å². The molecule has 2 aromatic carbocycles. The van der Waals surface area contributed by atoms with Crippen LogP contribution >= 0.6 is 23.1 Å². The van der Waals surface area contributed by atoms with Crippen LogP contribution < -0.4 is 5.73 Å². The number of nitrogen functional groups attached to an aromatic ring is 1. The summed E-state index contributed by atoms with van der Waals surface area (Å²) >= 11 is 3.52. The summed E-state index contributed by atoms with van der Waals surface area (Å²) in [4.78, 5) is 4.60. The van der Waals surface area contributed by atoms with E-state index in [9.17, 15) is 0 Å². The summed E-state index contributed by atoms with van der Waals surface area (Å²) in [6.45, 7) is 0. The second-order valence-electron chi connectivity index (χ2n) is 3.98. The number of thioether (sulfide) groups is 1. The molecule has 1 aromatic heterocycles. The minimum atomic E-state index is 0.809. The lowest BCUT2D eigenvalue weighted by molar-refractivity contribution is 1.29. The fourth-order valence-electron chi connectivity index (χ4n) is 1.67. The smallest absolute Gasteiger partial charge is 0.151 e. The highest BCUT2D eigenvalue weighted by molar-refractivity contribution is 8.00. The van der Waals surface area contributed by atoms with E-state index in [2.05, 4.69) is 35.3 Å². The Morgan fingerprint density at radius 2 is 1.83 bits per heavy atom. The Balaban J connectivity index is 1.74. The number of rotatable bonds is 3. The second-order valence-corrected chi connectivity index (χ2v) is 6.23. The molecule has 3 rings (SSSR count). The first-order chi connectivity index (χ1) is 8.81. The molecule has 0 amide bonds. The molecular weight excluding hydrogens is 260 g/mol. The number of anilines is 1. The number of nitrogens with two attached hydrogens (primary N) is 1. The highest BCUT2D eigenvalue weighted by atomic mass is 32.2. The van der Waals surface area contributed by atoms with Crippen LogP contribution in [-0.2, 0) is 5.75 Å². The zero-order valence-corrected chi connectivity index (χ0v) is 11.3. The molecule has 0 unspecified atom stereocenters. The molecule has 0 aliphatic heterocycles. The number of para-hydroxylation sites is 1. The highest BCUT2D eigenvalue weighted by Gasteiger charge is 2.03. The summed E-state index contributed by atoms with van der Waals surface area (Å²) in [7, 11) is 0. The number of hydrogen-bond acceptors (Lipinski definition) is 4. The van der Waals surface area contributed by atoms with Crippen LogP contribution in [0.2, 0.25) is 0 Å². The molecule has 0 spiro atoms. The molecule has 1 heterocycles. The van der Waals surface area contributed by atoms with Crippen LogP contribution in [0.5, 0.6) is 0 Å². The van der Waals surface area contributed by atoms with Crippen molar-refractivity contribution in [1.82, 2.24) is 4.98 Å². The Kier molecular flexibility index (Phi) is 3.21. The van der Waals surface area contributed by atoms with Gasteiger partial charge in [0.15, 0.2) is 4.34 Å². The lowest BCUT2D eigenvalue weighted by Gasteiger charge is -1.99. The number of fused-ring (bicyclic) bond motifs is 1. The topological polar surface area (TPSA) is 38.9 Å². The van der Waals surface area contributed by atoms with Crippen LogP contribution in [0.1, 0.15) is 5.56 Å². The first kappa shape index (κ1) is 11.6. The predicted molar refractivity (Wildman–Crippen MR) is 80.0 cm³/mol. The van der Waals surface area contributed by atoms with Crippen LogP contribution in [0.25, 0.3) is 10.2 Å². The number of nitrogens with zero attached hydrogens (tertiary/aromatic N) is 1. The van der Waals surface area contributed by atoms with Crippen LogP contribution in [0.4, 0.5) is 5.69 Å². The van der Waals surface area contributed by atoms with Gasteiger partial charge < -0.3 is 5.73 Å². The van der Waals surface area contributed by atoms with E-state index in [1.807, 2.05) is 18.2 Å². The lowest BCUT2D eigenvalue weighted by atomic mass is 10.2. The van der Waals surface area contributed by atoms with Gasteiger partial charge in [0, 0.05) is 11.4 Å². The molecule has 0 bridgehead atoms. The van der Waals surface area contributed by atoms with Crippen molar-refractivity contribution in [2.24, 2.45) is 0 Å². The van der Waals surface area contributed by atoms with Gasteiger partial charge in [0.1, 0.15) is 0 Å². The molecule has 0 aliphatic rings. The maximum atomic E-state index is 5.67. The summed E-state index contributed by atoms with van der Waals surface area (Å²) in [6.07, 6.45) is 0. The lowest BCUT2D eigenvalue weighted by Crippen LogP contribution is -1.85. The summed E-state index contributed by atoms with van der Waals surface area (Å²) < 4.78 is 2.37. The molecule has 3 aromatic rings. The zero-order valence-electron chi connectivity index (χ0n) is 9.67. The van der Waals surface area contributed by atoms with Gasteiger partial charge in [-0.05, 0) is 29.8 Å². The molecule has 0 aliphatic carbocycles. The molecule has 0 saturated heterocycles. The van der Waals surface area contributed by atoms with E-state index in [-0.39, 0.29) is 0 Å². The Morgan fingerprint density at radius 1 is 1.06 bits per heavy atom.